The summed E-state index contributed by atoms with van der Waals surface area (Å²) < 4.78 is 0. The molecule has 0 aromatic heterocycles. The van der Waals surface area contributed by atoms with Crippen LogP contribution < -0.4 is 5.73 Å². The number of likely N-dealkylation sites (N-methyl/N-ethyl adjacent to an activating group) is 1. The minimum absolute atomic E-state index is 0.236. The first kappa shape index (κ1) is 10.9. The third-order valence-corrected chi connectivity index (χ3v) is 1.96. The summed E-state index contributed by atoms with van der Waals surface area (Å²) in [6.07, 6.45) is 0. The Bertz CT molecular complexity index is 102. The summed E-state index contributed by atoms with van der Waals surface area (Å²) in [5.41, 5.74) is 5.75. The van der Waals surface area contributed by atoms with E-state index in [1.165, 1.54) is 0 Å². The van der Waals surface area contributed by atoms with Gasteiger partial charge in [0, 0.05) is 12.1 Å². The van der Waals surface area contributed by atoms with Gasteiger partial charge in [-0.15, -0.1) is 0 Å². The molecular formula is C8H21N3. The Morgan fingerprint density at radius 1 is 1.18 bits per heavy atom. The molecule has 0 saturated carbocycles. The summed E-state index contributed by atoms with van der Waals surface area (Å²) in [5.74, 6) is 0. The normalized spacial score (nSPS) is 17.5. The summed E-state index contributed by atoms with van der Waals surface area (Å²) in [6.45, 7) is 5.15. The van der Waals surface area contributed by atoms with Crippen LogP contribution in [0.25, 0.3) is 0 Å². The molecule has 2 N–H and O–H groups in total. The fourth-order valence-electron chi connectivity index (χ4n) is 0.976. The summed E-state index contributed by atoms with van der Waals surface area (Å²) in [6, 6.07) is 0.678. The van der Waals surface area contributed by atoms with Gasteiger partial charge in [-0.25, -0.2) is 0 Å². The van der Waals surface area contributed by atoms with Gasteiger partial charge in [0.05, 0.1) is 6.67 Å². The SMILES string of the molecule is CC(N)C(C)N(C)CN(C)C. The van der Waals surface area contributed by atoms with Crippen LogP contribution in [0.3, 0.4) is 0 Å². The highest BCUT2D eigenvalue weighted by Crippen LogP contribution is 1.98. The topological polar surface area (TPSA) is 32.5 Å². The minimum Gasteiger partial charge on any atom is -0.327 e. The summed E-state index contributed by atoms with van der Waals surface area (Å²) >= 11 is 0. The van der Waals surface area contributed by atoms with Crippen molar-refractivity contribution >= 4 is 0 Å². The molecule has 11 heavy (non-hydrogen) atoms. The second-order valence-electron chi connectivity index (χ2n) is 3.58. The maximum atomic E-state index is 5.75. The maximum Gasteiger partial charge on any atom is 0.0501 e. The summed E-state index contributed by atoms with van der Waals surface area (Å²) in [5, 5.41) is 0. The van der Waals surface area contributed by atoms with Crippen LogP contribution in [0.15, 0.2) is 0 Å². The van der Waals surface area contributed by atoms with Crippen LogP contribution >= 0.6 is 0 Å². The molecule has 0 saturated heterocycles. The van der Waals surface area contributed by atoms with E-state index in [0.29, 0.717) is 6.04 Å². The van der Waals surface area contributed by atoms with Gasteiger partial charge in [-0.3, -0.25) is 9.80 Å². The van der Waals surface area contributed by atoms with Crippen LogP contribution in [0, 0.1) is 0 Å². The van der Waals surface area contributed by atoms with E-state index in [9.17, 15) is 0 Å². The molecular weight excluding hydrogens is 138 g/mol. The third kappa shape index (κ3) is 4.35. The van der Waals surface area contributed by atoms with Crippen molar-refractivity contribution in [2.45, 2.75) is 25.9 Å². The van der Waals surface area contributed by atoms with E-state index >= 15 is 0 Å². The van der Waals surface area contributed by atoms with Crippen LogP contribution in [0.2, 0.25) is 0 Å². The van der Waals surface area contributed by atoms with Gasteiger partial charge in [-0.2, -0.15) is 0 Å². The van der Waals surface area contributed by atoms with Crippen molar-refractivity contribution in [3.05, 3.63) is 0 Å². The standard InChI is InChI=1S/C8H21N3/c1-7(9)8(2)11(5)6-10(3)4/h7-8H,6,9H2,1-5H3. The molecule has 2 atom stereocenters. The molecule has 0 bridgehead atoms. The van der Waals surface area contributed by atoms with Crippen molar-refractivity contribution in [1.29, 1.82) is 0 Å². The third-order valence-electron chi connectivity index (χ3n) is 1.96. The Morgan fingerprint density at radius 3 is 1.91 bits per heavy atom. The lowest BCUT2D eigenvalue weighted by atomic mass is 10.2. The second-order valence-corrected chi connectivity index (χ2v) is 3.58. The predicted molar refractivity (Wildman–Crippen MR) is 49.4 cm³/mol. The van der Waals surface area contributed by atoms with Crippen LogP contribution in [0.5, 0.6) is 0 Å². The molecule has 0 spiro atoms. The quantitative estimate of drug-likeness (QED) is 0.594. The molecule has 0 aliphatic heterocycles. The molecule has 0 radical (unpaired) electrons. The van der Waals surface area contributed by atoms with Crippen LogP contribution in [0.4, 0.5) is 0 Å². The molecule has 0 fully saturated rings. The average molecular weight is 159 g/mol. The first-order valence-corrected chi connectivity index (χ1v) is 4.05. The molecule has 0 rings (SSSR count). The van der Waals surface area contributed by atoms with Gasteiger partial charge in [-0.05, 0) is 35.0 Å². The highest BCUT2D eigenvalue weighted by molar-refractivity contribution is 4.71. The lowest BCUT2D eigenvalue weighted by molar-refractivity contribution is 0.153. The number of hydrogen-bond donors (Lipinski definition) is 1. The van der Waals surface area contributed by atoms with Gasteiger partial charge >= 0.3 is 0 Å². The van der Waals surface area contributed by atoms with Crippen molar-refractivity contribution in [2.24, 2.45) is 5.73 Å². The smallest absolute Gasteiger partial charge is 0.0501 e. The van der Waals surface area contributed by atoms with E-state index in [0.717, 1.165) is 6.67 Å². The van der Waals surface area contributed by atoms with Gasteiger partial charge < -0.3 is 5.73 Å². The van der Waals surface area contributed by atoms with Crippen molar-refractivity contribution in [2.75, 3.05) is 27.8 Å². The molecule has 0 aromatic carbocycles. The van der Waals surface area contributed by atoms with E-state index in [4.69, 9.17) is 5.73 Å². The summed E-state index contributed by atoms with van der Waals surface area (Å²) in [7, 11) is 6.21. The molecule has 0 aromatic rings. The Kier molecular flexibility index (Phi) is 4.65. The molecule has 2 unspecified atom stereocenters. The molecule has 3 nitrogen and oxygen atoms in total. The van der Waals surface area contributed by atoms with Crippen LogP contribution in [-0.4, -0.2) is 49.7 Å². The van der Waals surface area contributed by atoms with Gasteiger partial charge in [0.15, 0.2) is 0 Å². The first-order chi connectivity index (χ1) is 4.95. The second kappa shape index (κ2) is 4.70. The lowest BCUT2D eigenvalue weighted by Gasteiger charge is -2.29. The first-order valence-electron chi connectivity index (χ1n) is 4.05. The van der Waals surface area contributed by atoms with E-state index < -0.39 is 0 Å². The summed E-state index contributed by atoms with van der Waals surface area (Å²) in [4.78, 5) is 4.38. The monoisotopic (exact) mass is 159 g/mol. The highest BCUT2D eigenvalue weighted by atomic mass is 15.3. The van der Waals surface area contributed by atoms with E-state index in [-0.39, 0.29) is 6.04 Å². The maximum absolute atomic E-state index is 5.75. The minimum atomic E-state index is 0.236. The van der Waals surface area contributed by atoms with Crippen LogP contribution in [0.1, 0.15) is 13.8 Å². The molecule has 0 aliphatic carbocycles. The molecule has 0 heterocycles. The van der Waals surface area contributed by atoms with E-state index in [1.54, 1.807) is 0 Å². The van der Waals surface area contributed by atoms with Crippen molar-refractivity contribution in [1.82, 2.24) is 9.80 Å². The van der Waals surface area contributed by atoms with Crippen molar-refractivity contribution in [3.63, 3.8) is 0 Å². The number of nitrogens with two attached hydrogens (primary N) is 1. The lowest BCUT2D eigenvalue weighted by Crippen LogP contribution is -2.45. The van der Waals surface area contributed by atoms with Gasteiger partial charge in [-0.1, -0.05) is 0 Å². The van der Waals surface area contributed by atoms with E-state index in [1.807, 2.05) is 6.92 Å². The predicted octanol–water partition coefficient (Wildman–Crippen LogP) is 0.173. The Balaban J connectivity index is 3.73. The molecule has 68 valence electrons. The van der Waals surface area contributed by atoms with Crippen molar-refractivity contribution in [3.8, 4) is 0 Å². The van der Waals surface area contributed by atoms with Crippen molar-refractivity contribution < 1.29 is 0 Å². The average Bonchev–Trinajstić information content (AvgIpc) is 1.84. The Labute approximate surface area is 70.2 Å². The fraction of sp³-hybridized carbons (Fsp3) is 1.00. The fourth-order valence-corrected chi connectivity index (χ4v) is 0.976. The van der Waals surface area contributed by atoms with E-state index in [2.05, 4.69) is 37.9 Å². The number of nitrogens with zero attached hydrogens (tertiary/aromatic N) is 2. The zero-order valence-electron chi connectivity index (χ0n) is 8.33. The number of rotatable bonds is 4. The number of hydrogen-bond acceptors (Lipinski definition) is 3. The Hall–Kier alpha value is -0.120. The zero-order chi connectivity index (χ0) is 9.02. The van der Waals surface area contributed by atoms with Gasteiger partial charge in [0.2, 0.25) is 0 Å². The zero-order valence-corrected chi connectivity index (χ0v) is 8.33. The molecule has 3 heteroatoms. The highest BCUT2D eigenvalue weighted by Gasteiger charge is 2.12. The largest absolute Gasteiger partial charge is 0.327 e. The van der Waals surface area contributed by atoms with Gasteiger partial charge in [0.25, 0.3) is 0 Å². The molecule has 0 amide bonds. The van der Waals surface area contributed by atoms with Gasteiger partial charge in [0.1, 0.15) is 0 Å². The molecule has 0 aliphatic rings. The Morgan fingerprint density at radius 2 is 1.64 bits per heavy atom. The van der Waals surface area contributed by atoms with Crippen LogP contribution in [-0.2, 0) is 0 Å².